The van der Waals surface area contributed by atoms with Crippen LogP contribution in [-0.2, 0) is 0 Å². The zero-order valence-corrected chi connectivity index (χ0v) is 13.4. The van der Waals surface area contributed by atoms with E-state index in [4.69, 9.17) is 0 Å². The molecule has 2 aromatic heterocycles. The van der Waals surface area contributed by atoms with Gasteiger partial charge in [-0.3, -0.25) is 4.79 Å². The number of nitrogens with zero attached hydrogens (tertiary/aromatic N) is 1. The average molecular weight is 317 g/mol. The molecule has 1 amide bonds. The summed E-state index contributed by atoms with van der Waals surface area (Å²) in [6.45, 7) is 1.99. The van der Waals surface area contributed by atoms with Crippen LogP contribution in [0, 0.1) is 0 Å². The highest BCUT2D eigenvalue weighted by Crippen LogP contribution is 2.32. The molecule has 0 aliphatic carbocycles. The second-order valence-electron chi connectivity index (χ2n) is 4.94. The van der Waals surface area contributed by atoms with Crippen molar-refractivity contribution in [2.24, 2.45) is 0 Å². The molecule has 1 atom stereocenters. The molecular weight excluding hydrogens is 302 g/mol. The van der Waals surface area contributed by atoms with Crippen LogP contribution < -0.4 is 0 Å². The zero-order chi connectivity index (χ0) is 15.0. The van der Waals surface area contributed by atoms with Crippen LogP contribution in [0.15, 0.2) is 41.8 Å². The third-order valence-corrected chi connectivity index (χ3v) is 5.71. The highest BCUT2D eigenvalue weighted by Gasteiger charge is 2.21. The molecule has 0 aliphatic heterocycles. The Bertz CT molecular complexity index is 745. The predicted molar refractivity (Wildman–Crippen MR) is 88.3 cm³/mol. The standard InChI is InChI=1S/C16H15NO2S2/c1-10(11-3-5-12(18)6-4-11)17(2)16(19)15-9-14-13(21-15)7-8-20-14/h3-10,18H,1-2H3. The van der Waals surface area contributed by atoms with Gasteiger partial charge in [-0.05, 0) is 42.1 Å². The number of hydrogen-bond donors (Lipinski definition) is 1. The second kappa shape index (κ2) is 5.50. The molecule has 3 rings (SSSR count). The van der Waals surface area contributed by atoms with Crippen LogP contribution in [0.3, 0.4) is 0 Å². The number of phenols is 1. The average Bonchev–Trinajstić information content (AvgIpc) is 3.07. The van der Waals surface area contributed by atoms with Crippen molar-refractivity contribution in [3.05, 3.63) is 52.2 Å². The molecule has 2 heterocycles. The van der Waals surface area contributed by atoms with Crippen molar-refractivity contribution in [3.63, 3.8) is 0 Å². The van der Waals surface area contributed by atoms with E-state index >= 15 is 0 Å². The maximum Gasteiger partial charge on any atom is 0.264 e. The molecule has 0 saturated carbocycles. The van der Waals surface area contributed by atoms with Crippen molar-refractivity contribution in [2.45, 2.75) is 13.0 Å². The molecule has 21 heavy (non-hydrogen) atoms. The van der Waals surface area contributed by atoms with Crippen molar-refractivity contribution in [2.75, 3.05) is 7.05 Å². The van der Waals surface area contributed by atoms with E-state index in [2.05, 4.69) is 0 Å². The Labute approximate surface area is 131 Å². The maximum absolute atomic E-state index is 12.6. The van der Waals surface area contributed by atoms with Crippen LogP contribution in [0.5, 0.6) is 5.75 Å². The molecule has 0 saturated heterocycles. The Kier molecular flexibility index (Phi) is 3.69. The van der Waals surface area contributed by atoms with Gasteiger partial charge in [0.2, 0.25) is 0 Å². The Morgan fingerprint density at radius 2 is 1.90 bits per heavy atom. The van der Waals surface area contributed by atoms with E-state index in [0.29, 0.717) is 0 Å². The Balaban J connectivity index is 1.83. The Hall–Kier alpha value is -1.85. The number of phenolic OH excluding ortho intramolecular Hbond substituents is 1. The van der Waals surface area contributed by atoms with Gasteiger partial charge < -0.3 is 10.0 Å². The lowest BCUT2D eigenvalue weighted by Gasteiger charge is -2.24. The molecule has 0 radical (unpaired) electrons. The number of amides is 1. The molecule has 3 aromatic rings. The zero-order valence-electron chi connectivity index (χ0n) is 11.7. The number of benzene rings is 1. The molecule has 0 aliphatic rings. The summed E-state index contributed by atoms with van der Waals surface area (Å²) in [4.78, 5) is 15.1. The first-order valence-electron chi connectivity index (χ1n) is 6.59. The largest absolute Gasteiger partial charge is 0.508 e. The molecule has 5 heteroatoms. The van der Waals surface area contributed by atoms with Crippen LogP contribution in [0.1, 0.15) is 28.2 Å². The van der Waals surface area contributed by atoms with E-state index in [0.717, 1.165) is 19.8 Å². The van der Waals surface area contributed by atoms with Gasteiger partial charge in [-0.1, -0.05) is 12.1 Å². The Morgan fingerprint density at radius 1 is 1.19 bits per heavy atom. The molecule has 0 fully saturated rings. The fourth-order valence-corrected chi connectivity index (χ4v) is 4.29. The van der Waals surface area contributed by atoms with Crippen LogP contribution in [0.4, 0.5) is 0 Å². The summed E-state index contributed by atoms with van der Waals surface area (Å²) in [5.41, 5.74) is 1.00. The van der Waals surface area contributed by atoms with Gasteiger partial charge in [0.1, 0.15) is 5.75 Å². The summed E-state index contributed by atoms with van der Waals surface area (Å²) in [6, 6.07) is 10.9. The second-order valence-corrected chi connectivity index (χ2v) is 6.97. The van der Waals surface area contributed by atoms with Gasteiger partial charge in [-0.25, -0.2) is 0 Å². The summed E-state index contributed by atoms with van der Waals surface area (Å²) in [7, 11) is 1.81. The first-order valence-corrected chi connectivity index (χ1v) is 8.29. The molecule has 3 nitrogen and oxygen atoms in total. The van der Waals surface area contributed by atoms with E-state index in [1.54, 1.807) is 28.4 Å². The smallest absolute Gasteiger partial charge is 0.264 e. The molecule has 0 bridgehead atoms. The highest BCUT2D eigenvalue weighted by molar-refractivity contribution is 7.27. The fraction of sp³-hybridized carbons (Fsp3) is 0.188. The Morgan fingerprint density at radius 3 is 2.57 bits per heavy atom. The number of fused-ring (bicyclic) bond motifs is 1. The summed E-state index contributed by atoms with van der Waals surface area (Å²) in [5, 5.41) is 11.4. The molecule has 0 spiro atoms. The lowest BCUT2D eigenvalue weighted by molar-refractivity contribution is 0.0747. The summed E-state index contributed by atoms with van der Waals surface area (Å²) >= 11 is 3.19. The first kappa shape index (κ1) is 14.1. The van der Waals surface area contributed by atoms with Gasteiger partial charge in [0.25, 0.3) is 5.91 Å². The van der Waals surface area contributed by atoms with Crippen molar-refractivity contribution >= 4 is 38.0 Å². The SMILES string of the molecule is CC(c1ccc(O)cc1)N(C)C(=O)c1cc2sccc2s1. The van der Waals surface area contributed by atoms with E-state index in [1.807, 2.05) is 43.6 Å². The summed E-state index contributed by atoms with van der Waals surface area (Å²) in [6.07, 6.45) is 0. The molecule has 1 N–H and O–H groups in total. The number of carbonyl (C=O) groups excluding carboxylic acids is 1. The van der Waals surface area contributed by atoms with Crippen LogP contribution >= 0.6 is 22.7 Å². The van der Waals surface area contributed by atoms with Crippen molar-refractivity contribution < 1.29 is 9.90 Å². The number of thiophene rings is 2. The predicted octanol–water partition coefficient (Wildman–Crippen LogP) is 4.50. The van der Waals surface area contributed by atoms with Gasteiger partial charge in [0.15, 0.2) is 0 Å². The molecular formula is C16H15NO2S2. The minimum Gasteiger partial charge on any atom is -0.508 e. The van der Waals surface area contributed by atoms with Crippen LogP contribution in [0.2, 0.25) is 0 Å². The monoisotopic (exact) mass is 317 g/mol. The van der Waals surface area contributed by atoms with Crippen molar-refractivity contribution in [3.8, 4) is 5.75 Å². The summed E-state index contributed by atoms with van der Waals surface area (Å²) in [5.74, 6) is 0.266. The third kappa shape index (κ3) is 2.66. The maximum atomic E-state index is 12.6. The summed E-state index contributed by atoms with van der Waals surface area (Å²) < 4.78 is 2.32. The van der Waals surface area contributed by atoms with E-state index in [9.17, 15) is 9.90 Å². The number of rotatable bonds is 3. The minimum atomic E-state index is -0.0433. The topological polar surface area (TPSA) is 40.5 Å². The number of carbonyl (C=O) groups is 1. The lowest BCUT2D eigenvalue weighted by Crippen LogP contribution is -2.28. The van der Waals surface area contributed by atoms with E-state index < -0.39 is 0 Å². The molecule has 1 unspecified atom stereocenters. The van der Waals surface area contributed by atoms with Crippen molar-refractivity contribution in [1.82, 2.24) is 4.90 Å². The van der Waals surface area contributed by atoms with Crippen LogP contribution in [-0.4, -0.2) is 23.0 Å². The molecule has 108 valence electrons. The lowest BCUT2D eigenvalue weighted by atomic mass is 10.1. The van der Waals surface area contributed by atoms with Gasteiger partial charge in [0.05, 0.1) is 10.9 Å². The van der Waals surface area contributed by atoms with Crippen LogP contribution in [0.25, 0.3) is 9.40 Å². The molecule has 1 aromatic carbocycles. The van der Waals surface area contributed by atoms with Gasteiger partial charge in [-0.2, -0.15) is 0 Å². The van der Waals surface area contributed by atoms with Gasteiger partial charge >= 0.3 is 0 Å². The fourth-order valence-electron chi connectivity index (χ4n) is 2.20. The van der Waals surface area contributed by atoms with Gasteiger partial charge in [0, 0.05) is 16.4 Å². The van der Waals surface area contributed by atoms with Gasteiger partial charge in [-0.15, -0.1) is 22.7 Å². The first-order chi connectivity index (χ1) is 10.1. The number of aromatic hydroxyl groups is 1. The highest BCUT2D eigenvalue weighted by atomic mass is 32.1. The normalized spacial score (nSPS) is 12.5. The number of hydrogen-bond acceptors (Lipinski definition) is 4. The van der Waals surface area contributed by atoms with Crippen molar-refractivity contribution in [1.29, 1.82) is 0 Å². The van der Waals surface area contributed by atoms with E-state index in [1.165, 1.54) is 11.3 Å². The minimum absolute atomic E-state index is 0.0315. The third-order valence-electron chi connectivity index (χ3n) is 3.63. The quantitative estimate of drug-likeness (QED) is 0.772. The van der Waals surface area contributed by atoms with E-state index in [-0.39, 0.29) is 17.7 Å².